The van der Waals surface area contributed by atoms with Crippen LogP contribution in [-0.4, -0.2) is 259 Å². The maximum absolute atomic E-state index is 15.3. The quantitative estimate of drug-likeness (QED) is 0.0367. The van der Waals surface area contributed by atoms with Gasteiger partial charge in [0.05, 0.1) is 55.8 Å². The Morgan fingerprint density at radius 3 is 1.49 bits per heavy atom. The number of carboxylic acid groups (broad SMARTS) is 3. The van der Waals surface area contributed by atoms with Crippen molar-refractivity contribution in [1.29, 1.82) is 0 Å². The predicted octanol–water partition coefficient (Wildman–Crippen LogP) is 0.0420. The van der Waals surface area contributed by atoms with Gasteiger partial charge in [-0.05, 0) is 102 Å². The first-order valence-corrected chi connectivity index (χ1v) is 48.2. The Morgan fingerprint density at radius 2 is 0.949 bits per heavy atom. The fourth-order valence-electron chi connectivity index (χ4n) is 15.1. The van der Waals surface area contributed by atoms with E-state index in [-0.39, 0.29) is 71.6 Å². The molecule has 2 aliphatic rings. The lowest BCUT2D eigenvalue weighted by atomic mass is 9.81. The van der Waals surface area contributed by atoms with Crippen LogP contribution in [0.1, 0.15) is 146 Å². The molecule has 2 aliphatic heterocycles. The number of phenols is 1. The van der Waals surface area contributed by atoms with Crippen molar-refractivity contribution < 1.29 is 121 Å². The number of fused-ring (bicyclic) bond motifs is 6. The number of ketones is 3. The van der Waals surface area contributed by atoms with Crippen LogP contribution in [0.15, 0.2) is 115 Å². The van der Waals surface area contributed by atoms with Crippen molar-refractivity contribution in [2.45, 2.75) is 222 Å². The Kier molecular flexibility index (Phi) is 43.7. The topological polar surface area (TPSA) is 665 Å². The summed E-state index contributed by atoms with van der Waals surface area (Å²) in [6.07, 6.45) is -8.22. The van der Waals surface area contributed by atoms with Crippen molar-refractivity contribution >= 4 is 170 Å². The number of hydrogen-bond donors (Lipinski definition) is 19. The van der Waals surface area contributed by atoms with E-state index in [4.69, 9.17) is 17.2 Å². The van der Waals surface area contributed by atoms with Gasteiger partial charge in [-0.25, -0.2) is 0 Å². The Bertz CT molecular complexity index is 5290. The zero-order chi connectivity index (χ0) is 102. The molecule has 138 heavy (non-hydrogen) atoms. The number of carbonyl (C=O) groups is 21. The van der Waals surface area contributed by atoms with Crippen LogP contribution in [0.25, 0.3) is 10.8 Å². The van der Waals surface area contributed by atoms with Crippen LogP contribution in [-0.2, 0) is 137 Å². The number of nitrogens with two attached hydrogens (primary N) is 3. The van der Waals surface area contributed by atoms with Gasteiger partial charge in [-0.1, -0.05) is 131 Å². The molecule has 0 aliphatic carbocycles. The smallest absolute Gasteiger partial charge is 0.305 e. The van der Waals surface area contributed by atoms with Crippen LogP contribution in [0.2, 0.25) is 0 Å². The summed E-state index contributed by atoms with van der Waals surface area (Å²) in [6.45, 7) is 9.36. The third kappa shape index (κ3) is 36.3. The molecule has 15 amide bonds. The molecular weight excluding hydrogens is 1850 g/mol. The third-order valence-electron chi connectivity index (χ3n) is 22.7. The van der Waals surface area contributed by atoms with Gasteiger partial charge in [-0.3, -0.25) is 101 Å². The number of nitrogens with one attached hydrogen (secondary N) is 12. The molecule has 0 saturated heterocycles. The molecule has 0 saturated carbocycles. The van der Waals surface area contributed by atoms with E-state index in [1.165, 1.54) is 59.0 Å². The highest BCUT2D eigenvalue weighted by molar-refractivity contribution is 7.99. The highest BCUT2D eigenvalue weighted by atomic mass is 32.2. The number of carboxylic acids is 3. The van der Waals surface area contributed by atoms with E-state index in [0.717, 1.165) is 40.2 Å². The number of phenolic OH excluding ortho intramolecular Hbond substituents is 1. The zero-order valence-electron chi connectivity index (χ0n) is 77.7. The van der Waals surface area contributed by atoms with E-state index in [1.54, 1.807) is 112 Å². The predicted molar refractivity (Wildman–Crippen MR) is 510 cm³/mol. The second-order valence-corrected chi connectivity index (χ2v) is 38.2. The van der Waals surface area contributed by atoms with Crippen molar-refractivity contribution in [1.82, 2.24) is 68.7 Å². The molecule has 4 bridgehead atoms. The highest BCUT2D eigenvalue weighted by Crippen LogP contribution is 2.31. The second-order valence-electron chi connectivity index (χ2n) is 35.2. The number of benzene rings is 5. The summed E-state index contributed by atoms with van der Waals surface area (Å²) < 4.78 is 0. The van der Waals surface area contributed by atoms with Crippen LogP contribution in [0.3, 0.4) is 0 Å². The number of hydrogen-bond acceptors (Lipinski definition) is 26. The minimum absolute atomic E-state index is 0.00144. The maximum Gasteiger partial charge on any atom is 0.305 e. The van der Waals surface area contributed by atoms with Crippen molar-refractivity contribution in [3.63, 3.8) is 0 Å². The van der Waals surface area contributed by atoms with Gasteiger partial charge < -0.3 is 106 Å². The van der Waals surface area contributed by atoms with Gasteiger partial charge in [0.1, 0.15) is 60.1 Å². The number of nitrogens with zero attached hydrogens (tertiary/aromatic N) is 1. The molecule has 15 atom stereocenters. The average Bonchev–Trinajstić information content (AvgIpc) is 0.820. The Morgan fingerprint density at radius 1 is 0.478 bits per heavy atom. The summed E-state index contributed by atoms with van der Waals surface area (Å²) in [6, 6.07) is 9.63. The number of carbonyl (C=O) groups excluding carboxylic acids is 18. The molecule has 41 nitrogen and oxygen atoms in total. The molecule has 0 fully saturated rings. The lowest BCUT2D eigenvalue weighted by molar-refractivity contribution is -0.142. The van der Waals surface area contributed by atoms with Crippen LogP contribution in [0, 0.1) is 23.2 Å². The molecule has 44 heteroatoms. The van der Waals surface area contributed by atoms with Crippen LogP contribution in [0.5, 0.6) is 5.75 Å². The number of amides is 15. The van der Waals surface area contributed by atoms with E-state index in [1.807, 2.05) is 0 Å². The molecule has 5 aromatic rings. The van der Waals surface area contributed by atoms with Gasteiger partial charge in [0.15, 0.2) is 17.3 Å². The van der Waals surface area contributed by atoms with Crippen LogP contribution < -0.4 is 81.0 Å². The first kappa shape index (κ1) is 112. The molecule has 2 heterocycles. The number of thioether (sulfide) groups is 3. The van der Waals surface area contributed by atoms with E-state index in [0.29, 0.717) is 38.6 Å². The number of rotatable bonds is 25. The molecular formula is C94H122N16O25S3. The summed E-state index contributed by atoms with van der Waals surface area (Å²) in [5, 5.41) is 72.3. The van der Waals surface area contributed by atoms with Gasteiger partial charge in [0, 0.05) is 99.0 Å². The van der Waals surface area contributed by atoms with Crippen molar-refractivity contribution in [2.24, 2.45) is 40.4 Å². The van der Waals surface area contributed by atoms with E-state index in [9.17, 15) is 102 Å². The monoisotopic (exact) mass is 1970 g/mol. The SMILES string of the molecule is CC[C@@H]1NC(=O)[C@@H]2CSCc3cc(cc(c3)CSC[C@H](CC(=O)[C@H](C)NC(=O)CN(C)C(=O)CCN)C(=O)N[C@H](C)C(=O)N[C@@H](CC(N)=O)C(=O)N[C@@H](CCC(=O)O)C(=O)C[C@@H](Cc3cccc4ccccc34)C(=O)N[C@H](C)C(=O)N2)CSC[C@@H](C(N)=O)CC(=O)[C@H](C(C)(C)C)NC(=O)[C@H](CC(=O)O)NC(=O)[C@H](Cc2ccc(O)cc2)NC(=O)[C@H](Cc2ccccc2)NC(=O)[C@H](CC(=O)O)NC1=O. The lowest BCUT2D eigenvalue weighted by Gasteiger charge is -2.32. The number of aromatic hydroxyl groups is 1. The first-order chi connectivity index (χ1) is 65.2. The maximum atomic E-state index is 15.3. The number of likely N-dealkylation sites (N-methyl/N-ethyl adjacent to an activating group) is 1. The second kappa shape index (κ2) is 54.0. The largest absolute Gasteiger partial charge is 0.508 e. The van der Waals surface area contributed by atoms with Crippen molar-refractivity contribution in [2.75, 3.05) is 37.4 Å². The minimum atomic E-state index is -2.08. The third-order valence-corrected chi connectivity index (χ3v) is 26.1. The average molecular weight is 1970 g/mol. The summed E-state index contributed by atoms with van der Waals surface area (Å²) in [7, 11) is 1.35. The Balaban J connectivity index is 1.39. The number of Topliss-reactive ketones (excluding diaryl/α,β-unsaturated/α-hetero) is 3. The van der Waals surface area contributed by atoms with Gasteiger partial charge >= 0.3 is 17.9 Å². The van der Waals surface area contributed by atoms with Gasteiger partial charge in [-0.2, -0.15) is 35.3 Å². The number of aliphatic carboxylic acids is 3. The lowest BCUT2D eigenvalue weighted by Crippen LogP contribution is -2.61. The van der Waals surface area contributed by atoms with Gasteiger partial charge in [-0.15, -0.1) is 0 Å². The van der Waals surface area contributed by atoms with E-state index in [2.05, 4.69) is 63.8 Å². The fourth-order valence-corrected chi connectivity index (χ4v) is 18.3. The molecule has 5 aromatic carbocycles. The summed E-state index contributed by atoms with van der Waals surface area (Å²) in [4.78, 5) is 299. The molecule has 7 rings (SSSR count). The molecule has 746 valence electrons. The van der Waals surface area contributed by atoms with Crippen LogP contribution >= 0.6 is 35.3 Å². The molecule has 0 unspecified atom stereocenters. The van der Waals surface area contributed by atoms with Crippen LogP contribution in [0.4, 0.5) is 0 Å². The molecule has 0 spiro atoms. The zero-order valence-corrected chi connectivity index (χ0v) is 80.2. The van der Waals surface area contributed by atoms with Crippen molar-refractivity contribution in [3.05, 3.63) is 149 Å². The standard InChI is InChI=1S/C94H122N16O25S3/c1-9-64-87(129)106-69(40-79(120)121)91(133)105-66(33-52-16-11-10-12-17-52)88(130)104-67(34-53-22-24-62(111)25-23-53)89(131)107-70(41-80(122)123)92(134)109-81(94(5,6)7)74(114)37-60(82(97)124)46-136-43-54-30-55-32-56(31-54)45-138-48-71(93(135)101-64)108-84(126)51(4)99-85(127)59(35-58-20-15-19-57-18-13-14-21-63(57)58)36-73(113)65(26-27-78(118)119)102-90(132)68(39-75(96)115)103-83(125)50(3)100-86(128)61(47-137-44-55)38-72(112)49(2)98-76(116)42-110(8)77(117)28-29-95/h10-25,30-32,49-51,59-61,64-71,81,111H,9,26-29,33-48,95H2,1-8H3,(H2,96,115)(H2,97,124)(H,98,116)(H,99,127)(H,100,128)(H,101,135)(H,102,132)(H,103,125)(H,104,130)(H,105,133)(H,106,129)(H,107,131)(H,108,126)(H,109,134)(H,118,119)(H,120,121)(H,122,123)/t49-,50+,51+,59+,60-,61-,64-,65-,66-,67-,68-,69-,70-,71-,81+/m0/s1. The summed E-state index contributed by atoms with van der Waals surface area (Å²) in [5.74, 6) is -28.1. The van der Waals surface area contributed by atoms with E-state index < -0.39 is 290 Å². The minimum Gasteiger partial charge on any atom is -0.508 e. The Hall–Kier alpha value is -13.4. The highest BCUT2D eigenvalue weighted by Gasteiger charge is 2.42. The molecule has 0 aromatic heterocycles. The normalized spacial score (nSPS) is 23.5. The van der Waals surface area contributed by atoms with Crippen molar-refractivity contribution in [3.8, 4) is 5.75 Å². The summed E-state index contributed by atoms with van der Waals surface area (Å²) >= 11 is 3.25. The van der Waals surface area contributed by atoms with Gasteiger partial charge in [0.2, 0.25) is 88.6 Å². The van der Waals surface area contributed by atoms with Gasteiger partial charge in [0.25, 0.3) is 0 Å². The summed E-state index contributed by atoms with van der Waals surface area (Å²) in [5.41, 5.74) is 18.7. The Labute approximate surface area is 809 Å². The van der Waals surface area contributed by atoms with E-state index >= 15 is 19.2 Å². The fraction of sp³-hybridized carbons (Fsp3) is 0.479. The molecule has 0 radical (unpaired) electrons. The first-order valence-electron chi connectivity index (χ1n) is 44.7. The number of primary amides is 2. The molecule has 22 N–H and O–H groups in total.